The number of ether oxygens (including phenoxy) is 1. The van der Waals surface area contributed by atoms with E-state index in [9.17, 15) is 22.4 Å². The van der Waals surface area contributed by atoms with Crippen LogP contribution in [-0.2, 0) is 6.18 Å². The summed E-state index contributed by atoms with van der Waals surface area (Å²) in [6.45, 7) is 0.511. The largest absolute Gasteiger partial charge is 0.490 e. The van der Waals surface area contributed by atoms with E-state index in [4.69, 9.17) is 10.00 Å². The van der Waals surface area contributed by atoms with Crippen molar-refractivity contribution in [1.29, 1.82) is 5.26 Å². The van der Waals surface area contributed by atoms with Gasteiger partial charge in [-0.1, -0.05) is 12.1 Å². The molecule has 0 bridgehead atoms. The minimum atomic E-state index is -4.69. The van der Waals surface area contributed by atoms with Gasteiger partial charge in [0.1, 0.15) is 18.2 Å². The molecule has 2 aromatic carbocycles. The zero-order chi connectivity index (χ0) is 25.0. The zero-order valence-electron chi connectivity index (χ0n) is 18.4. The first-order valence-corrected chi connectivity index (χ1v) is 10.7. The number of hydrogen-bond donors (Lipinski definition) is 0. The molecule has 180 valence electrons. The lowest BCUT2D eigenvalue weighted by Crippen LogP contribution is -2.57. The number of piperazine rings is 1. The highest BCUT2D eigenvalue weighted by atomic mass is 19.4. The second-order valence-electron chi connectivity index (χ2n) is 7.92. The number of aromatic nitrogens is 1. The van der Waals surface area contributed by atoms with Crippen molar-refractivity contribution in [2.75, 3.05) is 31.1 Å². The molecule has 6 nitrogen and oxygen atoms in total. The fraction of sp³-hybridized carbons (Fsp3) is 0.240. The second kappa shape index (κ2) is 10.0. The number of alkyl halides is 3. The van der Waals surface area contributed by atoms with Crippen molar-refractivity contribution in [1.82, 2.24) is 9.88 Å². The molecule has 1 unspecified atom stereocenters. The Hall–Kier alpha value is -4.13. The molecule has 1 aliphatic heterocycles. The summed E-state index contributed by atoms with van der Waals surface area (Å²) in [6.07, 6.45) is -1.61. The minimum absolute atomic E-state index is 0.0186. The summed E-state index contributed by atoms with van der Waals surface area (Å²) in [7, 11) is 0. The summed E-state index contributed by atoms with van der Waals surface area (Å²) in [4.78, 5) is 20.3. The Balaban J connectivity index is 1.61. The summed E-state index contributed by atoms with van der Waals surface area (Å²) in [6, 6.07) is 13.5. The maximum Gasteiger partial charge on any atom is 0.417 e. The Labute approximate surface area is 199 Å². The van der Waals surface area contributed by atoms with Crippen LogP contribution in [0.15, 0.2) is 67.0 Å². The summed E-state index contributed by atoms with van der Waals surface area (Å²) >= 11 is 0. The molecule has 1 aliphatic rings. The van der Waals surface area contributed by atoms with E-state index in [1.165, 1.54) is 35.4 Å². The van der Waals surface area contributed by atoms with Gasteiger partial charge < -0.3 is 14.5 Å². The highest BCUT2D eigenvalue weighted by Crippen LogP contribution is 2.35. The number of benzene rings is 2. The predicted octanol–water partition coefficient (Wildman–Crippen LogP) is 4.52. The average molecular weight is 484 g/mol. The van der Waals surface area contributed by atoms with E-state index in [1.54, 1.807) is 35.4 Å². The molecule has 0 radical (unpaired) electrons. The van der Waals surface area contributed by atoms with E-state index in [0.29, 0.717) is 5.75 Å². The lowest BCUT2D eigenvalue weighted by molar-refractivity contribution is -0.137. The topological polar surface area (TPSA) is 69.5 Å². The van der Waals surface area contributed by atoms with Crippen LogP contribution in [0.5, 0.6) is 5.75 Å². The normalized spacial score (nSPS) is 16.0. The molecule has 35 heavy (non-hydrogen) atoms. The van der Waals surface area contributed by atoms with Crippen LogP contribution in [0, 0.1) is 17.1 Å². The molecule has 2 heterocycles. The molecule has 1 aromatic heterocycles. The standard InChI is InChI=1S/C25H20F4N4O2/c26-23-6-2-1-5-21(23)24(34)33-11-10-32(15-19(33)16-35-20-4-3-9-31-14-20)18-8-7-17(13-30)22(12-18)25(27,28)29/h1-9,12,14,19H,10-11,15-16H2. The number of pyridine rings is 1. The van der Waals surface area contributed by atoms with E-state index in [2.05, 4.69) is 4.98 Å². The van der Waals surface area contributed by atoms with Gasteiger partial charge in [-0.05, 0) is 42.5 Å². The summed E-state index contributed by atoms with van der Waals surface area (Å²) < 4.78 is 60.5. The zero-order valence-corrected chi connectivity index (χ0v) is 18.4. The number of hydrogen-bond acceptors (Lipinski definition) is 5. The van der Waals surface area contributed by atoms with Crippen molar-refractivity contribution in [2.45, 2.75) is 12.2 Å². The van der Waals surface area contributed by atoms with Gasteiger partial charge in [-0.25, -0.2) is 4.39 Å². The van der Waals surface area contributed by atoms with E-state index in [1.807, 2.05) is 0 Å². The lowest BCUT2D eigenvalue weighted by atomic mass is 10.0. The highest BCUT2D eigenvalue weighted by molar-refractivity contribution is 5.95. The van der Waals surface area contributed by atoms with Crippen LogP contribution in [0.25, 0.3) is 0 Å². The van der Waals surface area contributed by atoms with Crippen LogP contribution >= 0.6 is 0 Å². The minimum Gasteiger partial charge on any atom is -0.490 e. The average Bonchev–Trinajstić information content (AvgIpc) is 2.87. The Kier molecular flexibility index (Phi) is 6.87. The van der Waals surface area contributed by atoms with Crippen LogP contribution in [-0.4, -0.2) is 48.1 Å². The van der Waals surface area contributed by atoms with Crippen molar-refractivity contribution in [2.24, 2.45) is 0 Å². The van der Waals surface area contributed by atoms with Gasteiger partial charge >= 0.3 is 6.18 Å². The van der Waals surface area contributed by atoms with Gasteiger partial charge in [0, 0.05) is 31.5 Å². The Morgan fingerprint density at radius 1 is 1.14 bits per heavy atom. The van der Waals surface area contributed by atoms with E-state index >= 15 is 0 Å². The number of rotatable bonds is 5. The van der Waals surface area contributed by atoms with Gasteiger partial charge in [-0.2, -0.15) is 18.4 Å². The molecule has 1 amide bonds. The summed E-state index contributed by atoms with van der Waals surface area (Å²) in [5, 5.41) is 9.07. The molecular formula is C25H20F4N4O2. The molecule has 1 fully saturated rings. The fourth-order valence-corrected chi connectivity index (χ4v) is 3.98. The lowest BCUT2D eigenvalue weighted by Gasteiger charge is -2.42. The first-order valence-electron chi connectivity index (χ1n) is 10.7. The molecular weight excluding hydrogens is 464 g/mol. The number of nitrogens with zero attached hydrogens (tertiary/aromatic N) is 4. The van der Waals surface area contributed by atoms with Gasteiger partial charge in [-0.15, -0.1) is 0 Å². The van der Waals surface area contributed by atoms with Gasteiger partial charge in [0.15, 0.2) is 0 Å². The van der Waals surface area contributed by atoms with Crippen molar-refractivity contribution in [3.63, 3.8) is 0 Å². The van der Waals surface area contributed by atoms with Crippen LogP contribution in [0.2, 0.25) is 0 Å². The van der Waals surface area contributed by atoms with Gasteiger partial charge in [0.25, 0.3) is 5.91 Å². The third kappa shape index (κ3) is 5.35. The molecule has 0 N–H and O–H groups in total. The Morgan fingerprint density at radius 3 is 2.63 bits per heavy atom. The third-order valence-electron chi connectivity index (χ3n) is 5.72. The molecule has 1 saturated heterocycles. The van der Waals surface area contributed by atoms with Crippen molar-refractivity contribution < 1.29 is 27.1 Å². The highest BCUT2D eigenvalue weighted by Gasteiger charge is 2.36. The van der Waals surface area contributed by atoms with Gasteiger partial charge in [0.2, 0.25) is 0 Å². The molecule has 1 atom stereocenters. The quantitative estimate of drug-likeness (QED) is 0.498. The first kappa shape index (κ1) is 24.0. The maximum absolute atomic E-state index is 14.3. The Morgan fingerprint density at radius 2 is 1.94 bits per heavy atom. The monoisotopic (exact) mass is 484 g/mol. The summed E-state index contributed by atoms with van der Waals surface area (Å²) in [5.74, 6) is -0.729. The smallest absolute Gasteiger partial charge is 0.417 e. The van der Waals surface area contributed by atoms with Crippen molar-refractivity contribution in [3.05, 3.63) is 89.5 Å². The van der Waals surface area contributed by atoms with Gasteiger partial charge in [-0.3, -0.25) is 9.78 Å². The predicted molar refractivity (Wildman–Crippen MR) is 119 cm³/mol. The molecule has 0 aliphatic carbocycles. The molecule has 4 rings (SSSR count). The van der Waals surface area contributed by atoms with Crippen molar-refractivity contribution >= 4 is 11.6 Å². The number of carbonyl (C=O) groups is 1. The maximum atomic E-state index is 14.3. The van der Waals surface area contributed by atoms with Crippen LogP contribution < -0.4 is 9.64 Å². The van der Waals surface area contributed by atoms with E-state index in [0.717, 1.165) is 12.1 Å². The molecule has 10 heteroatoms. The van der Waals surface area contributed by atoms with E-state index in [-0.39, 0.29) is 37.5 Å². The number of halogens is 4. The second-order valence-corrected chi connectivity index (χ2v) is 7.92. The SMILES string of the molecule is N#Cc1ccc(N2CCN(C(=O)c3ccccc3F)C(COc3cccnc3)C2)cc1C(F)(F)F. The van der Waals surface area contributed by atoms with Gasteiger partial charge in [0.05, 0.1) is 35.0 Å². The number of carbonyl (C=O) groups excluding carboxylic acids is 1. The van der Waals surface area contributed by atoms with Crippen molar-refractivity contribution in [3.8, 4) is 11.8 Å². The molecule has 0 saturated carbocycles. The van der Waals surface area contributed by atoms with Crippen LogP contribution in [0.1, 0.15) is 21.5 Å². The molecule has 3 aromatic rings. The summed E-state index contributed by atoms with van der Waals surface area (Å²) in [5.41, 5.74) is -1.32. The third-order valence-corrected chi connectivity index (χ3v) is 5.72. The van der Waals surface area contributed by atoms with Crippen LogP contribution in [0.4, 0.5) is 23.2 Å². The van der Waals surface area contributed by atoms with Crippen LogP contribution in [0.3, 0.4) is 0 Å². The fourth-order valence-electron chi connectivity index (χ4n) is 3.98. The molecule has 0 spiro atoms. The van der Waals surface area contributed by atoms with E-state index < -0.39 is 35.1 Å². The number of anilines is 1. The first-order chi connectivity index (χ1) is 16.8. The number of nitriles is 1. The number of amides is 1. The Bertz CT molecular complexity index is 1240.